The topological polar surface area (TPSA) is 7.76 Å². The van der Waals surface area contributed by atoms with E-state index in [1.165, 1.54) is 12.8 Å². The van der Waals surface area contributed by atoms with Gasteiger partial charge in [0.1, 0.15) is 13.1 Å². The molecule has 1 heterocycles. The van der Waals surface area contributed by atoms with Crippen LogP contribution in [0.2, 0.25) is 0 Å². The van der Waals surface area contributed by atoms with Crippen LogP contribution in [0.25, 0.3) is 0 Å². The predicted octanol–water partition coefficient (Wildman–Crippen LogP) is 1.08. The number of rotatable bonds is 4. The molecule has 0 atom stereocenters. The number of hydrogen-bond acceptors (Lipinski definition) is 0. The van der Waals surface area contributed by atoms with Gasteiger partial charge in [-0.25, -0.2) is 0 Å². The Morgan fingerprint density at radius 3 is 1.33 bits per heavy atom. The van der Waals surface area contributed by atoms with Crippen molar-refractivity contribution >= 4 is 0 Å². The Kier molecular flexibility index (Phi) is 3.71. The first-order valence-electron chi connectivity index (χ1n) is 4.75. The van der Waals surface area contributed by atoms with Gasteiger partial charge in [-0.3, -0.25) is 0 Å². The molecule has 0 radical (unpaired) electrons. The van der Waals surface area contributed by atoms with Crippen LogP contribution in [0.3, 0.4) is 0 Å². The third kappa shape index (κ3) is 2.61. The summed E-state index contributed by atoms with van der Waals surface area (Å²) in [5, 5.41) is 0. The summed E-state index contributed by atoms with van der Waals surface area (Å²) in [7, 11) is 0. The lowest BCUT2D eigenvalue weighted by Crippen LogP contribution is -2.41. The predicted molar refractivity (Wildman–Crippen MR) is 47.4 cm³/mol. The van der Waals surface area contributed by atoms with Crippen molar-refractivity contribution in [2.45, 2.75) is 39.8 Å². The second-order valence-corrected chi connectivity index (χ2v) is 3.07. The van der Waals surface area contributed by atoms with E-state index < -0.39 is 0 Å². The van der Waals surface area contributed by atoms with E-state index in [2.05, 4.69) is 47.8 Å². The Hall–Kier alpha value is -0.920. The Morgan fingerprint density at radius 2 is 1.08 bits per heavy atom. The van der Waals surface area contributed by atoms with Crippen molar-refractivity contribution < 1.29 is 9.13 Å². The van der Waals surface area contributed by atoms with Gasteiger partial charge in [0.2, 0.25) is 24.8 Å². The lowest BCUT2D eigenvalue weighted by molar-refractivity contribution is -0.750. The lowest BCUT2D eigenvalue weighted by atomic mass is 10.4. The highest BCUT2D eigenvalue weighted by molar-refractivity contribution is 4.52. The van der Waals surface area contributed by atoms with Gasteiger partial charge in [-0.15, -0.1) is 0 Å². The number of nitrogens with zero attached hydrogens (tertiary/aromatic N) is 2. The van der Waals surface area contributed by atoms with Gasteiger partial charge < -0.3 is 0 Å². The molecule has 1 aromatic heterocycles. The van der Waals surface area contributed by atoms with E-state index in [0.717, 1.165) is 13.1 Å². The number of aromatic nitrogens is 2. The number of aryl methyl sites for hydroxylation is 2. The zero-order valence-electron chi connectivity index (χ0n) is 8.03. The van der Waals surface area contributed by atoms with Crippen LogP contribution in [0.15, 0.2) is 24.8 Å². The summed E-state index contributed by atoms with van der Waals surface area (Å²) in [6, 6.07) is 0. The largest absolute Gasteiger partial charge is 0.233 e. The van der Waals surface area contributed by atoms with Crippen molar-refractivity contribution in [3.63, 3.8) is 0 Å². The molecule has 0 amide bonds. The second-order valence-electron chi connectivity index (χ2n) is 3.07. The third-order valence-electron chi connectivity index (χ3n) is 1.86. The van der Waals surface area contributed by atoms with Crippen molar-refractivity contribution in [1.82, 2.24) is 0 Å². The van der Waals surface area contributed by atoms with Gasteiger partial charge in [-0.2, -0.15) is 9.13 Å². The van der Waals surface area contributed by atoms with E-state index in [1.54, 1.807) is 0 Å². The molecule has 1 rings (SSSR count). The van der Waals surface area contributed by atoms with Crippen LogP contribution in [0.5, 0.6) is 0 Å². The molecule has 0 aromatic carbocycles. The van der Waals surface area contributed by atoms with E-state index in [4.69, 9.17) is 0 Å². The molecule has 0 spiro atoms. The molecule has 2 heteroatoms. The summed E-state index contributed by atoms with van der Waals surface area (Å²) >= 11 is 0. The van der Waals surface area contributed by atoms with Crippen molar-refractivity contribution in [3.05, 3.63) is 24.8 Å². The molecule has 0 aliphatic rings. The van der Waals surface area contributed by atoms with Gasteiger partial charge in [-0.05, 0) is 0 Å². The first-order chi connectivity index (χ1) is 5.86. The average Bonchev–Trinajstić information content (AvgIpc) is 2.09. The summed E-state index contributed by atoms with van der Waals surface area (Å²) in [5.41, 5.74) is 0. The van der Waals surface area contributed by atoms with E-state index in [9.17, 15) is 0 Å². The highest BCUT2D eigenvalue weighted by Crippen LogP contribution is 1.78. The molecule has 0 saturated heterocycles. The summed E-state index contributed by atoms with van der Waals surface area (Å²) < 4.78 is 4.43. The molecule has 66 valence electrons. The molecule has 1 aromatic rings. The van der Waals surface area contributed by atoms with Crippen LogP contribution in [-0.4, -0.2) is 0 Å². The normalized spacial score (nSPS) is 10.2. The molecule has 0 N–H and O–H groups in total. The quantitative estimate of drug-likeness (QED) is 0.591. The van der Waals surface area contributed by atoms with Crippen molar-refractivity contribution in [2.24, 2.45) is 0 Å². The van der Waals surface area contributed by atoms with Crippen molar-refractivity contribution in [2.75, 3.05) is 0 Å². The molecule has 0 aliphatic carbocycles. The van der Waals surface area contributed by atoms with Gasteiger partial charge in [0.15, 0.2) is 0 Å². The monoisotopic (exact) mass is 166 g/mol. The summed E-state index contributed by atoms with van der Waals surface area (Å²) in [5.74, 6) is 0. The van der Waals surface area contributed by atoms with Crippen molar-refractivity contribution in [1.29, 1.82) is 0 Å². The third-order valence-corrected chi connectivity index (χ3v) is 1.86. The average molecular weight is 166 g/mol. The van der Waals surface area contributed by atoms with Crippen LogP contribution < -0.4 is 9.13 Å². The van der Waals surface area contributed by atoms with Gasteiger partial charge >= 0.3 is 0 Å². The van der Waals surface area contributed by atoms with Crippen LogP contribution in [0, 0.1) is 0 Å². The highest BCUT2D eigenvalue weighted by atomic mass is 15.0. The molecule has 2 nitrogen and oxygen atoms in total. The van der Waals surface area contributed by atoms with Crippen LogP contribution in [0.4, 0.5) is 0 Å². The molecule has 0 fully saturated rings. The van der Waals surface area contributed by atoms with Crippen LogP contribution >= 0.6 is 0 Å². The maximum atomic E-state index is 2.21. The maximum absolute atomic E-state index is 2.21. The van der Waals surface area contributed by atoms with E-state index in [0.29, 0.717) is 0 Å². The minimum atomic E-state index is 1.12. The zero-order chi connectivity index (χ0) is 8.81. The smallest absolute Gasteiger partial charge is 0.195 e. The fraction of sp³-hybridized carbons (Fsp3) is 0.600. The minimum Gasteiger partial charge on any atom is -0.195 e. The molecule has 12 heavy (non-hydrogen) atoms. The van der Waals surface area contributed by atoms with Gasteiger partial charge in [-0.1, -0.05) is 13.8 Å². The molecular weight excluding hydrogens is 148 g/mol. The van der Waals surface area contributed by atoms with Crippen LogP contribution in [-0.2, 0) is 13.1 Å². The molecule has 0 bridgehead atoms. The highest BCUT2D eigenvalue weighted by Gasteiger charge is 2.02. The SMILES string of the molecule is CCC[n+]1cc[n+](CCC)cc1. The van der Waals surface area contributed by atoms with E-state index in [-0.39, 0.29) is 0 Å². The Labute approximate surface area is 74.5 Å². The molecular formula is C10H18N2+2. The zero-order valence-corrected chi connectivity index (χ0v) is 8.03. The van der Waals surface area contributed by atoms with Gasteiger partial charge in [0.05, 0.1) is 0 Å². The van der Waals surface area contributed by atoms with Crippen molar-refractivity contribution in [3.8, 4) is 0 Å². The Bertz CT molecular complexity index is 191. The first-order valence-corrected chi connectivity index (χ1v) is 4.75. The fourth-order valence-electron chi connectivity index (χ4n) is 1.26. The van der Waals surface area contributed by atoms with Gasteiger partial charge in [0.25, 0.3) is 0 Å². The lowest BCUT2D eigenvalue weighted by Gasteiger charge is -1.92. The maximum Gasteiger partial charge on any atom is 0.233 e. The molecule has 0 unspecified atom stereocenters. The van der Waals surface area contributed by atoms with E-state index in [1.807, 2.05) is 0 Å². The minimum absolute atomic E-state index is 1.12. The summed E-state index contributed by atoms with van der Waals surface area (Å²) in [6.07, 6.45) is 10.9. The summed E-state index contributed by atoms with van der Waals surface area (Å²) in [4.78, 5) is 0. The second kappa shape index (κ2) is 4.86. The fourth-order valence-corrected chi connectivity index (χ4v) is 1.26. The summed E-state index contributed by atoms with van der Waals surface area (Å²) in [6.45, 7) is 6.63. The Balaban J connectivity index is 2.58. The Morgan fingerprint density at radius 1 is 0.750 bits per heavy atom. The van der Waals surface area contributed by atoms with Crippen LogP contribution in [0.1, 0.15) is 26.7 Å². The molecule has 0 aliphatic heterocycles. The molecule has 0 saturated carbocycles. The van der Waals surface area contributed by atoms with E-state index >= 15 is 0 Å². The standard InChI is InChI=1S/C10H18N2/c1-3-5-11-7-9-12(6-4-2)10-8-11/h7-10H,3-6H2,1-2H3/q+2. The van der Waals surface area contributed by atoms with Gasteiger partial charge in [0, 0.05) is 12.8 Å². The number of hydrogen-bond donors (Lipinski definition) is 0. The first kappa shape index (κ1) is 9.17.